The van der Waals surface area contributed by atoms with Gasteiger partial charge in [0.25, 0.3) is 0 Å². The Morgan fingerprint density at radius 3 is 2.67 bits per heavy atom. The van der Waals surface area contributed by atoms with Gasteiger partial charge in [0.15, 0.2) is 5.96 Å². The number of fused-ring (bicyclic) bond motifs is 1. The van der Waals surface area contributed by atoms with E-state index in [1.807, 2.05) is 31.2 Å². The number of oxazole rings is 1. The molecular weight excluding hydrogens is 414 g/mol. The van der Waals surface area contributed by atoms with Gasteiger partial charge in [-0.1, -0.05) is 42.0 Å². The molecule has 1 amide bonds. The second kappa shape index (κ2) is 10.3. The van der Waals surface area contributed by atoms with Crippen LogP contribution in [0.1, 0.15) is 28.8 Å². The van der Waals surface area contributed by atoms with Gasteiger partial charge in [-0.2, -0.15) is 0 Å². The van der Waals surface area contributed by atoms with Crippen molar-refractivity contribution in [1.29, 1.82) is 0 Å². The zero-order valence-electron chi connectivity index (χ0n) is 19.5. The van der Waals surface area contributed by atoms with Gasteiger partial charge in [-0.15, -0.1) is 0 Å². The molecule has 172 valence electrons. The molecule has 0 spiro atoms. The summed E-state index contributed by atoms with van der Waals surface area (Å²) in [5.41, 5.74) is 5.64. The molecule has 1 aliphatic rings. The van der Waals surface area contributed by atoms with Crippen molar-refractivity contribution in [2.75, 3.05) is 20.6 Å². The molecule has 7 heteroatoms. The number of nitrogens with zero attached hydrogens (tertiary/aromatic N) is 3. The van der Waals surface area contributed by atoms with Gasteiger partial charge in [0.1, 0.15) is 12.0 Å². The molecule has 2 aromatic carbocycles. The Morgan fingerprint density at radius 1 is 1.15 bits per heavy atom. The van der Waals surface area contributed by atoms with Gasteiger partial charge < -0.3 is 20.0 Å². The van der Waals surface area contributed by atoms with Gasteiger partial charge in [-0.3, -0.25) is 4.79 Å². The van der Waals surface area contributed by atoms with Crippen molar-refractivity contribution in [3.8, 4) is 11.5 Å². The third-order valence-corrected chi connectivity index (χ3v) is 5.84. The van der Waals surface area contributed by atoms with Crippen molar-refractivity contribution in [3.63, 3.8) is 0 Å². The Bertz CT molecular complexity index is 1120. The monoisotopic (exact) mass is 445 g/mol. The summed E-state index contributed by atoms with van der Waals surface area (Å²) in [4.78, 5) is 23.0. The van der Waals surface area contributed by atoms with Crippen molar-refractivity contribution in [3.05, 3.63) is 77.2 Å². The number of rotatable bonds is 6. The molecule has 0 saturated heterocycles. The Balaban J connectivity index is 1.45. The van der Waals surface area contributed by atoms with Gasteiger partial charge in [-0.05, 0) is 49.4 Å². The van der Waals surface area contributed by atoms with Crippen LogP contribution in [0.15, 0.2) is 64.2 Å². The second-order valence-electron chi connectivity index (χ2n) is 8.67. The number of aromatic nitrogens is 1. The maximum absolute atomic E-state index is 12.1. The lowest BCUT2D eigenvalue weighted by molar-refractivity contribution is -0.127. The molecule has 1 atom stereocenters. The zero-order chi connectivity index (χ0) is 23.2. The van der Waals surface area contributed by atoms with Crippen LogP contribution in [0, 0.1) is 6.92 Å². The third-order valence-electron chi connectivity index (χ3n) is 5.84. The Labute approximate surface area is 194 Å². The highest BCUT2D eigenvalue weighted by molar-refractivity contribution is 5.86. The van der Waals surface area contributed by atoms with E-state index in [0.717, 1.165) is 30.5 Å². The second-order valence-corrected chi connectivity index (χ2v) is 8.67. The van der Waals surface area contributed by atoms with E-state index in [4.69, 9.17) is 9.41 Å². The molecule has 0 fully saturated rings. The van der Waals surface area contributed by atoms with E-state index in [2.05, 4.69) is 39.9 Å². The molecule has 0 aliphatic heterocycles. The Kier molecular flexibility index (Phi) is 7.07. The quantitative estimate of drug-likeness (QED) is 0.449. The first-order valence-corrected chi connectivity index (χ1v) is 11.3. The number of hydrogen-bond acceptors (Lipinski definition) is 4. The first-order chi connectivity index (χ1) is 16.0. The van der Waals surface area contributed by atoms with Crippen molar-refractivity contribution in [1.82, 2.24) is 20.5 Å². The molecule has 0 radical (unpaired) electrons. The van der Waals surface area contributed by atoms with Crippen molar-refractivity contribution < 1.29 is 9.21 Å². The van der Waals surface area contributed by atoms with Gasteiger partial charge >= 0.3 is 0 Å². The number of guanidine groups is 1. The summed E-state index contributed by atoms with van der Waals surface area (Å²) >= 11 is 0. The molecule has 0 bridgehead atoms. The topological polar surface area (TPSA) is 82.8 Å². The van der Waals surface area contributed by atoms with Gasteiger partial charge in [-0.25, -0.2) is 9.98 Å². The Morgan fingerprint density at radius 2 is 1.91 bits per heavy atom. The summed E-state index contributed by atoms with van der Waals surface area (Å²) < 4.78 is 5.66. The molecule has 3 aromatic rings. The minimum Gasteiger partial charge on any atom is -0.444 e. The predicted molar refractivity (Wildman–Crippen MR) is 130 cm³/mol. The van der Waals surface area contributed by atoms with Crippen LogP contribution in [-0.4, -0.2) is 48.4 Å². The standard InChI is InChI=1S/C26H31N5O2/c1-18-8-10-20(11-9-18)25-29-23(17-33-25)15-27-26(28-16-24(32)31(2)3)30-22-13-12-19-6-4-5-7-21(19)14-22/h4-11,17,22H,12-16H2,1-3H3,(H2,27,28,30). The van der Waals surface area contributed by atoms with Crippen LogP contribution < -0.4 is 10.6 Å². The SMILES string of the molecule is Cc1ccc(-c2nc(CN=C(NCC(=O)N(C)C)NC3CCc4ccccc4C3)co2)cc1. The fourth-order valence-corrected chi connectivity index (χ4v) is 3.85. The number of aryl methyl sites for hydroxylation is 2. The molecule has 33 heavy (non-hydrogen) atoms. The molecule has 1 heterocycles. The fraction of sp³-hybridized carbons (Fsp3) is 0.346. The number of benzene rings is 2. The smallest absolute Gasteiger partial charge is 0.241 e. The summed E-state index contributed by atoms with van der Waals surface area (Å²) in [7, 11) is 3.49. The molecule has 1 aliphatic carbocycles. The maximum Gasteiger partial charge on any atom is 0.241 e. The summed E-state index contributed by atoms with van der Waals surface area (Å²) in [6, 6.07) is 16.9. The maximum atomic E-state index is 12.1. The fourth-order valence-electron chi connectivity index (χ4n) is 3.85. The minimum absolute atomic E-state index is 0.0124. The summed E-state index contributed by atoms with van der Waals surface area (Å²) in [6.45, 7) is 2.58. The number of amides is 1. The normalized spacial score (nSPS) is 15.6. The minimum atomic E-state index is -0.0124. The van der Waals surface area contributed by atoms with Crippen LogP contribution >= 0.6 is 0 Å². The van der Waals surface area contributed by atoms with Crippen LogP contribution in [0.25, 0.3) is 11.5 Å². The Hall–Kier alpha value is -3.61. The van der Waals surface area contributed by atoms with E-state index in [1.54, 1.807) is 25.3 Å². The van der Waals surface area contributed by atoms with E-state index in [1.165, 1.54) is 16.7 Å². The molecule has 2 N–H and O–H groups in total. The first kappa shape index (κ1) is 22.6. The number of likely N-dealkylation sites (N-methyl/N-ethyl adjacent to an activating group) is 1. The number of nitrogens with one attached hydrogen (secondary N) is 2. The average molecular weight is 446 g/mol. The van der Waals surface area contributed by atoms with Gasteiger partial charge in [0.2, 0.25) is 11.8 Å². The molecule has 0 saturated carbocycles. The van der Waals surface area contributed by atoms with Gasteiger partial charge in [0, 0.05) is 25.7 Å². The van der Waals surface area contributed by atoms with E-state index in [0.29, 0.717) is 18.4 Å². The summed E-state index contributed by atoms with van der Waals surface area (Å²) in [5.74, 6) is 1.17. The summed E-state index contributed by atoms with van der Waals surface area (Å²) in [6.07, 6.45) is 4.61. The van der Waals surface area contributed by atoms with Crippen LogP contribution in [0.5, 0.6) is 0 Å². The lowest BCUT2D eigenvalue weighted by atomic mass is 9.88. The zero-order valence-corrected chi connectivity index (χ0v) is 19.5. The van der Waals surface area contributed by atoms with Crippen LogP contribution in [0.4, 0.5) is 0 Å². The van der Waals surface area contributed by atoms with Gasteiger partial charge in [0.05, 0.1) is 13.1 Å². The lowest BCUT2D eigenvalue weighted by Gasteiger charge is -2.27. The predicted octanol–water partition coefficient (Wildman–Crippen LogP) is 3.33. The average Bonchev–Trinajstić information content (AvgIpc) is 3.30. The largest absolute Gasteiger partial charge is 0.444 e. The highest BCUT2D eigenvalue weighted by Gasteiger charge is 2.19. The highest BCUT2D eigenvalue weighted by atomic mass is 16.3. The number of carbonyl (C=O) groups excluding carboxylic acids is 1. The van der Waals surface area contributed by atoms with E-state index < -0.39 is 0 Å². The van der Waals surface area contributed by atoms with E-state index in [9.17, 15) is 4.79 Å². The van der Waals surface area contributed by atoms with Crippen molar-refractivity contribution in [2.45, 2.75) is 38.8 Å². The van der Waals surface area contributed by atoms with E-state index in [-0.39, 0.29) is 18.5 Å². The molecule has 1 aromatic heterocycles. The summed E-state index contributed by atoms with van der Waals surface area (Å²) in [5, 5.41) is 6.69. The van der Waals surface area contributed by atoms with Crippen LogP contribution in [-0.2, 0) is 24.2 Å². The third kappa shape index (κ3) is 6.00. The number of carbonyl (C=O) groups is 1. The van der Waals surface area contributed by atoms with E-state index >= 15 is 0 Å². The first-order valence-electron chi connectivity index (χ1n) is 11.3. The van der Waals surface area contributed by atoms with Crippen molar-refractivity contribution >= 4 is 11.9 Å². The number of hydrogen-bond donors (Lipinski definition) is 2. The highest BCUT2D eigenvalue weighted by Crippen LogP contribution is 2.21. The number of aliphatic imine (C=N–C) groups is 1. The molecule has 4 rings (SSSR count). The van der Waals surface area contributed by atoms with Crippen LogP contribution in [0.2, 0.25) is 0 Å². The van der Waals surface area contributed by atoms with Crippen molar-refractivity contribution in [2.24, 2.45) is 4.99 Å². The molecular formula is C26H31N5O2. The van der Waals surface area contributed by atoms with Crippen LogP contribution in [0.3, 0.4) is 0 Å². The lowest BCUT2D eigenvalue weighted by Crippen LogP contribution is -2.48. The molecule has 1 unspecified atom stereocenters. The molecule has 7 nitrogen and oxygen atoms in total.